The summed E-state index contributed by atoms with van der Waals surface area (Å²) >= 11 is 0. The van der Waals surface area contributed by atoms with Crippen LogP contribution in [0.4, 0.5) is 5.95 Å². The molecule has 5 nitrogen and oxygen atoms in total. The lowest BCUT2D eigenvalue weighted by molar-refractivity contribution is 0.0948. The molecule has 116 valence electrons. The molecule has 1 aromatic heterocycles. The Morgan fingerprint density at radius 3 is 2.73 bits per heavy atom. The first-order valence-corrected chi connectivity index (χ1v) is 7.68. The fraction of sp³-hybridized carbons (Fsp3) is 0.353. The van der Waals surface area contributed by atoms with Crippen LogP contribution >= 0.6 is 0 Å². The van der Waals surface area contributed by atoms with E-state index in [1.807, 2.05) is 18.2 Å². The molecule has 2 N–H and O–H groups in total. The number of carbonyl (C=O) groups excluding carboxylic acids is 1. The average molecular weight is 298 g/mol. The standard InChI is InChI=1S/C17H22N4O/c1-2-11-19-17-20-13-10-15(21-17)16(22)18-12-6-9-14-7-4-3-5-8-14/h3-5,7-8,10,13H,2,6,9,11-12H2,1H3,(H,18,22)(H,19,20,21). The third-order valence-electron chi connectivity index (χ3n) is 3.19. The number of nitrogens with one attached hydrogen (secondary N) is 2. The molecule has 2 aromatic rings. The summed E-state index contributed by atoms with van der Waals surface area (Å²) in [5, 5.41) is 5.97. The van der Waals surface area contributed by atoms with Crippen LogP contribution in [-0.2, 0) is 6.42 Å². The molecule has 0 spiro atoms. The van der Waals surface area contributed by atoms with Crippen molar-refractivity contribution in [2.75, 3.05) is 18.4 Å². The van der Waals surface area contributed by atoms with E-state index in [1.165, 1.54) is 5.56 Å². The number of nitrogens with zero attached hydrogens (tertiary/aromatic N) is 2. The molecule has 1 amide bonds. The van der Waals surface area contributed by atoms with Gasteiger partial charge in [0.15, 0.2) is 0 Å². The Hall–Kier alpha value is -2.43. The number of rotatable bonds is 8. The highest BCUT2D eigenvalue weighted by atomic mass is 16.1. The molecule has 0 aliphatic rings. The molecule has 0 bridgehead atoms. The first kappa shape index (κ1) is 15.9. The van der Waals surface area contributed by atoms with Crippen molar-refractivity contribution < 1.29 is 4.79 Å². The zero-order valence-corrected chi connectivity index (χ0v) is 12.9. The third kappa shape index (κ3) is 5.16. The van der Waals surface area contributed by atoms with Crippen molar-refractivity contribution in [1.82, 2.24) is 15.3 Å². The molecular formula is C17H22N4O. The fourth-order valence-corrected chi connectivity index (χ4v) is 2.04. The van der Waals surface area contributed by atoms with E-state index < -0.39 is 0 Å². The predicted molar refractivity (Wildman–Crippen MR) is 87.9 cm³/mol. The Bertz CT molecular complexity index is 586. The second kappa shape index (κ2) is 8.77. The normalized spacial score (nSPS) is 10.2. The molecule has 0 aliphatic heterocycles. The highest BCUT2D eigenvalue weighted by Gasteiger charge is 2.07. The van der Waals surface area contributed by atoms with E-state index in [2.05, 4.69) is 39.7 Å². The van der Waals surface area contributed by atoms with Crippen molar-refractivity contribution in [3.8, 4) is 0 Å². The Balaban J connectivity index is 1.77. The van der Waals surface area contributed by atoms with Crippen molar-refractivity contribution in [2.45, 2.75) is 26.2 Å². The topological polar surface area (TPSA) is 66.9 Å². The van der Waals surface area contributed by atoms with E-state index in [-0.39, 0.29) is 5.91 Å². The summed E-state index contributed by atoms with van der Waals surface area (Å²) in [6.45, 7) is 3.49. The summed E-state index contributed by atoms with van der Waals surface area (Å²) in [6.07, 6.45) is 4.44. The van der Waals surface area contributed by atoms with Crippen molar-refractivity contribution >= 4 is 11.9 Å². The minimum Gasteiger partial charge on any atom is -0.354 e. The largest absolute Gasteiger partial charge is 0.354 e. The van der Waals surface area contributed by atoms with Gasteiger partial charge >= 0.3 is 0 Å². The lowest BCUT2D eigenvalue weighted by Gasteiger charge is -2.07. The molecule has 1 aromatic carbocycles. The Kier molecular flexibility index (Phi) is 6.36. The summed E-state index contributed by atoms with van der Waals surface area (Å²) in [7, 11) is 0. The maximum absolute atomic E-state index is 12.1. The van der Waals surface area contributed by atoms with Gasteiger partial charge in [0.25, 0.3) is 5.91 Å². The van der Waals surface area contributed by atoms with Crippen LogP contribution in [-0.4, -0.2) is 29.0 Å². The zero-order chi connectivity index (χ0) is 15.6. The smallest absolute Gasteiger partial charge is 0.270 e. The molecule has 0 saturated heterocycles. The molecule has 0 aliphatic carbocycles. The summed E-state index contributed by atoms with van der Waals surface area (Å²) in [6, 6.07) is 11.9. The van der Waals surface area contributed by atoms with Gasteiger partial charge in [-0.3, -0.25) is 4.79 Å². The molecule has 22 heavy (non-hydrogen) atoms. The van der Waals surface area contributed by atoms with E-state index in [0.29, 0.717) is 18.2 Å². The van der Waals surface area contributed by atoms with E-state index in [1.54, 1.807) is 12.3 Å². The third-order valence-corrected chi connectivity index (χ3v) is 3.19. The number of aryl methyl sites for hydroxylation is 1. The molecular weight excluding hydrogens is 276 g/mol. The van der Waals surface area contributed by atoms with Crippen LogP contribution in [0.3, 0.4) is 0 Å². The van der Waals surface area contributed by atoms with Crippen LogP contribution in [0.2, 0.25) is 0 Å². The quantitative estimate of drug-likeness (QED) is 0.735. The SMILES string of the molecule is CCCNc1nccc(C(=O)NCCCc2ccccc2)n1. The van der Waals surface area contributed by atoms with E-state index in [0.717, 1.165) is 25.8 Å². The average Bonchev–Trinajstić information content (AvgIpc) is 2.58. The van der Waals surface area contributed by atoms with Gasteiger partial charge in [0.05, 0.1) is 0 Å². The molecule has 0 fully saturated rings. The minimum atomic E-state index is -0.157. The second-order valence-electron chi connectivity index (χ2n) is 5.04. The highest BCUT2D eigenvalue weighted by molar-refractivity contribution is 5.92. The lowest BCUT2D eigenvalue weighted by Crippen LogP contribution is -2.26. The van der Waals surface area contributed by atoms with Gasteiger partial charge in [-0.1, -0.05) is 37.3 Å². The second-order valence-corrected chi connectivity index (χ2v) is 5.04. The Morgan fingerprint density at radius 1 is 1.14 bits per heavy atom. The van der Waals surface area contributed by atoms with Gasteiger partial charge in [-0.15, -0.1) is 0 Å². The van der Waals surface area contributed by atoms with E-state index in [9.17, 15) is 4.79 Å². The van der Waals surface area contributed by atoms with Crippen molar-refractivity contribution in [3.63, 3.8) is 0 Å². The highest BCUT2D eigenvalue weighted by Crippen LogP contribution is 2.03. The van der Waals surface area contributed by atoms with Gasteiger partial charge < -0.3 is 10.6 Å². The minimum absolute atomic E-state index is 0.157. The van der Waals surface area contributed by atoms with Crippen molar-refractivity contribution in [1.29, 1.82) is 0 Å². The molecule has 0 saturated carbocycles. The van der Waals surface area contributed by atoms with Crippen LogP contribution < -0.4 is 10.6 Å². The van der Waals surface area contributed by atoms with Gasteiger partial charge in [-0.05, 0) is 30.9 Å². The summed E-state index contributed by atoms with van der Waals surface area (Å²) in [5.74, 6) is 0.341. The van der Waals surface area contributed by atoms with Crippen LogP contribution in [0.1, 0.15) is 35.8 Å². The van der Waals surface area contributed by atoms with Gasteiger partial charge in [0, 0.05) is 19.3 Å². The number of aromatic nitrogens is 2. The zero-order valence-electron chi connectivity index (χ0n) is 12.9. The molecule has 0 atom stereocenters. The van der Waals surface area contributed by atoms with Crippen molar-refractivity contribution in [2.24, 2.45) is 0 Å². The van der Waals surface area contributed by atoms with Gasteiger partial charge in [0.2, 0.25) is 5.95 Å². The maximum atomic E-state index is 12.1. The number of benzene rings is 1. The molecule has 1 heterocycles. The number of carbonyl (C=O) groups is 1. The fourth-order valence-electron chi connectivity index (χ4n) is 2.04. The Labute approximate surface area is 131 Å². The summed E-state index contributed by atoms with van der Waals surface area (Å²) < 4.78 is 0. The van der Waals surface area contributed by atoms with Gasteiger partial charge in [-0.25, -0.2) is 9.97 Å². The Morgan fingerprint density at radius 2 is 1.95 bits per heavy atom. The number of hydrogen-bond acceptors (Lipinski definition) is 4. The summed E-state index contributed by atoms with van der Waals surface area (Å²) in [4.78, 5) is 20.4. The van der Waals surface area contributed by atoms with Crippen LogP contribution in [0.5, 0.6) is 0 Å². The first-order chi connectivity index (χ1) is 10.8. The van der Waals surface area contributed by atoms with Crippen molar-refractivity contribution in [3.05, 3.63) is 53.9 Å². The molecule has 5 heteroatoms. The monoisotopic (exact) mass is 298 g/mol. The molecule has 0 radical (unpaired) electrons. The van der Waals surface area contributed by atoms with Gasteiger partial charge in [0.1, 0.15) is 5.69 Å². The number of hydrogen-bond donors (Lipinski definition) is 2. The molecule has 2 rings (SSSR count). The first-order valence-electron chi connectivity index (χ1n) is 7.68. The predicted octanol–water partition coefficient (Wildman–Crippen LogP) is 2.66. The lowest BCUT2D eigenvalue weighted by atomic mass is 10.1. The molecule has 0 unspecified atom stereocenters. The van der Waals surface area contributed by atoms with E-state index >= 15 is 0 Å². The summed E-state index contributed by atoms with van der Waals surface area (Å²) in [5.41, 5.74) is 1.68. The van der Waals surface area contributed by atoms with E-state index in [4.69, 9.17) is 0 Å². The number of amides is 1. The van der Waals surface area contributed by atoms with Crippen LogP contribution in [0.15, 0.2) is 42.6 Å². The van der Waals surface area contributed by atoms with Gasteiger partial charge in [-0.2, -0.15) is 0 Å². The van der Waals surface area contributed by atoms with Crippen LogP contribution in [0.25, 0.3) is 0 Å². The maximum Gasteiger partial charge on any atom is 0.270 e. The number of anilines is 1. The van der Waals surface area contributed by atoms with Crippen LogP contribution in [0, 0.1) is 0 Å².